The van der Waals surface area contributed by atoms with Gasteiger partial charge in [0.2, 0.25) is 0 Å². The molecule has 0 spiro atoms. The van der Waals surface area contributed by atoms with Crippen molar-refractivity contribution in [3.8, 4) is 0 Å². The third-order valence-corrected chi connectivity index (χ3v) is 3.19. The van der Waals surface area contributed by atoms with E-state index in [-0.39, 0.29) is 19.0 Å². The highest BCUT2D eigenvalue weighted by Gasteiger charge is 2.09. The van der Waals surface area contributed by atoms with Gasteiger partial charge in [0.1, 0.15) is 5.82 Å². The van der Waals surface area contributed by atoms with Gasteiger partial charge in [0.05, 0.1) is 6.61 Å². The number of aliphatic hydroxyl groups excluding tert-OH is 2. The molecule has 0 unspecified atom stereocenters. The number of nitrogens with zero attached hydrogens (tertiary/aromatic N) is 1. The lowest BCUT2D eigenvalue weighted by Gasteiger charge is -2.21. The standard InChI is InChI=1S/C13H19BrFNO2/c14-12-3-4-13(15)11(9-12)10-16(6-8-18)5-1-2-7-17/h3-4,9,17-18H,1-2,5-8,10H2. The van der Waals surface area contributed by atoms with E-state index in [1.807, 2.05) is 4.90 Å². The third-order valence-electron chi connectivity index (χ3n) is 2.70. The van der Waals surface area contributed by atoms with Gasteiger partial charge in [-0.25, -0.2) is 4.39 Å². The minimum Gasteiger partial charge on any atom is -0.396 e. The maximum absolute atomic E-state index is 13.6. The van der Waals surface area contributed by atoms with E-state index in [2.05, 4.69) is 15.9 Å². The van der Waals surface area contributed by atoms with E-state index < -0.39 is 0 Å². The Bertz CT molecular complexity index is 363. The average Bonchev–Trinajstić information content (AvgIpc) is 2.34. The second-order valence-electron chi connectivity index (χ2n) is 4.17. The second-order valence-corrected chi connectivity index (χ2v) is 5.08. The zero-order valence-corrected chi connectivity index (χ0v) is 11.9. The smallest absolute Gasteiger partial charge is 0.127 e. The van der Waals surface area contributed by atoms with Crippen LogP contribution in [0.5, 0.6) is 0 Å². The lowest BCUT2D eigenvalue weighted by Crippen LogP contribution is -2.28. The summed E-state index contributed by atoms with van der Waals surface area (Å²) in [4.78, 5) is 1.99. The summed E-state index contributed by atoms with van der Waals surface area (Å²) in [6, 6.07) is 4.86. The summed E-state index contributed by atoms with van der Waals surface area (Å²) in [5.74, 6) is -0.233. The second kappa shape index (κ2) is 8.58. The first-order valence-corrected chi connectivity index (χ1v) is 6.84. The van der Waals surface area contributed by atoms with Crippen molar-refractivity contribution in [2.24, 2.45) is 0 Å². The van der Waals surface area contributed by atoms with Crippen molar-refractivity contribution in [1.29, 1.82) is 0 Å². The zero-order chi connectivity index (χ0) is 13.4. The summed E-state index contributed by atoms with van der Waals surface area (Å²) in [5.41, 5.74) is 0.613. The number of halogens is 2. The molecule has 0 amide bonds. The molecule has 0 aliphatic heterocycles. The van der Waals surface area contributed by atoms with E-state index in [9.17, 15) is 4.39 Å². The summed E-state index contributed by atoms with van der Waals surface area (Å²) >= 11 is 3.32. The van der Waals surface area contributed by atoms with Gasteiger partial charge in [-0.2, -0.15) is 0 Å². The fourth-order valence-corrected chi connectivity index (χ4v) is 2.17. The van der Waals surface area contributed by atoms with E-state index >= 15 is 0 Å². The number of hydrogen-bond acceptors (Lipinski definition) is 3. The fourth-order valence-electron chi connectivity index (χ4n) is 1.76. The van der Waals surface area contributed by atoms with Gasteiger partial charge < -0.3 is 10.2 Å². The van der Waals surface area contributed by atoms with Gasteiger partial charge in [0.25, 0.3) is 0 Å². The van der Waals surface area contributed by atoms with Crippen molar-refractivity contribution in [2.45, 2.75) is 19.4 Å². The first kappa shape index (κ1) is 15.6. The molecule has 0 aromatic heterocycles. The van der Waals surface area contributed by atoms with E-state index in [1.54, 1.807) is 12.1 Å². The predicted molar refractivity (Wildman–Crippen MR) is 72.8 cm³/mol. The first-order chi connectivity index (χ1) is 8.67. The van der Waals surface area contributed by atoms with Gasteiger partial charge in [-0.15, -0.1) is 0 Å². The van der Waals surface area contributed by atoms with E-state index in [0.717, 1.165) is 23.9 Å². The predicted octanol–water partition coefficient (Wildman–Crippen LogP) is 2.16. The quantitative estimate of drug-likeness (QED) is 0.722. The van der Waals surface area contributed by atoms with Crippen LogP contribution in [0, 0.1) is 5.82 Å². The number of rotatable bonds is 8. The Morgan fingerprint density at radius 1 is 1.11 bits per heavy atom. The van der Waals surface area contributed by atoms with E-state index in [0.29, 0.717) is 18.7 Å². The van der Waals surface area contributed by atoms with Gasteiger partial charge in [-0.1, -0.05) is 15.9 Å². The van der Waals surface area contributed by atoms with Gasteiger partial charge >= 0.3 is 0 Å². The Hall–Kier alpha value is -0.490. The van der Waals surface area contributed by atoms with Crippen molar-refractivity contribution in [1.82, 2.24) is 4.90 Å². The average molecular weight is 320 g/mol. The van der Waals surface area contributed by atoms with Crippen LogP contribution in [-0.4, -0.2) is 41.4 Å². The molecule has 5 heteroatoms. The van der Waals surface area contributed by atoms with Crippen molar-refractivity contribution in [2.75, 3.05) is 26.3 Å². The third kappa shape index (κ3) is 5.44. The maximum Gasteiger partial charge on any atom is 0.127 e. The van der Waals surface area contributed by atoms with Crippen LogP contribution in [0.1, 0.15) is 18.4 Å². The SMILES string of the molecule is OCCCCN(CCO)Cc1cc(Br)ccc1F. The van der Waals surface area contributed by atoms with Crippen LogP contribution < -0.4 is 0 Å². The summed E-state index contributed by atoms with van der Waals surface area (Å²) in [6.45, 7) is 1.94. The summed E-state index contributed by atoms with van der Waals surface area (Å²) in [6.07, 6.45) is 1.56. The lowest BCUT2D eigenvalue weighted by atomic mass is 10.2. The molecule has 102 valence electrons. The number of aliphatic hydroxyl groups is 2. The van der Waals surface area contributed by atoms with Crippen molar-refractivity contribution >= 4 is 15.9 Å². The molecule has 0 atom stereocenters. The molecule has 3 nitrogen and oxygen atoms in total. The van der Waals surface area contributed by atoms with Gasteiger partial charge in [0, 0.05) is 29.7 Å². The molecule has 0 saturated carbocycles. The van der Waals surface area contributed by atoms with Crippen LogP contribution >= 0.6 is 15.9 Å². The largest absolute Gasteiger partial charge is 0.396 e. The molecule has 0 fully saturated rings. The Kier molecular flexibility index (Phi) is 7.42. The molecule has 0 radical (unpaired) electrons. The Morgan fingerprint density at radius 3 is 2.56 bits per heavy atom. The normalized spacial score (nSPS) is 11.2. The van der Waals surface area contributed by atoms with Gasteiger partial charge in [-0.3, -0.25) is 4.90 Å². The highest BCUT2D eigenvalue weighted by atomic mass is 79.9. The maximum atomic E-state index is 13.6. The molecular weight excluding hydrogens is 301 g/mol. The van der Waals surface area contributed by atoms with E-state index in [1.165, 1.54) is 6.07 Å². The van der Waals surface area contributed by atoms with Crippen LogP contribution in [0.2, 0.25) is 0 Å². The first-order valence-electron chi connectivity index (χ1n) is 6.05. The molecule has 0 heterocycles. The van der Waals surface area contributed by atoms with Gasteiger partial charge in [0.15, 0.2) is 0 Å². The summed E-state index contributed by atoms with van der Waals surface area (Å²) in [7, 11) is 0. The summed E-state index contributed by atoms with van der Waals surface area (Å²) < 4.78 is 14.5. The molecule has 0 aliphatic rings. The molecule has 1 aromatic rings. The molecule has 1 rings (SSSR count). The molecule has 0 bridgehead atoms. The van der Waals surface area contributed by atoms with Crippen molar-refractivity contribution in [3.05, 3.63) is 34.1 Å². The summed E-state index contributed by atoms with van der Waals surface area (Å²) in [5, 5.41) is 17.7. The topological polar surface area (TPSA) is 43.7 Å². The Balaban J connectivity index is 2.60. The minimum absolute atomic E-state index is 0.0503. The van der Waals surface area contributed by atoms with Crippen LogP contribution in [0.25, 0.3) is 0 Å². The van der Waals surface area contributed by atoms with Crippen LogP contribution in [0.4, 0.5) is 4.39 Å². The molecule has 1 aromatic carbocycles. The van der Waals surface area contributed by atoms with Crippen LogP contribution in [0.15, 0.2) is 22.7 Å². The molecule has 0 aliphatic carbocycles. The van der Waals surface area contributed by atoms with Crippen molar-refractivity contribution in [3.63, 3.8) is 0 Å². The van der Waals surface area contributed by atoms with Crippen LogP contribution in [0.3, 0.4) is 0 Å². The number of hydrogen-bond donors (Lipinski definition) is 2. The monoisotopic (exact) mass is 319 g/mol. The van der Waals surface area contributed by atoms with Crippen LogP contribution in [-0.2, 0) is 6.54 Å². The minimum atomic E-state index is -0.233. The van der Waals surface area contributed by atoms with E-state index in [4.69, 9.17) is 10.2 Å². The molecular formula is C13H19BrFNO2. The highest BCUT2D eigenvalue weighted by Crippen LogP contribution is 2.17. The molecule has 2 N–H and O–H groups in total. The Morgan fingerprint density at radius 2 is 1.89 bits per heavy atom. The Labute approximate surface area is 115 Å². The lowest BCUT2D eigenvalue weighted by molar-refractivity contribution is 0.181. The molecule has 18 heavy (non-hydrogen) atoms. The highest BCUT2D eigenvalue weighted by molar-refractivity contribution is 9.10. The fraction of sp³-hybridized carbons (Fsp3) is 0.538. The number of benzene rings is 1. The molecule has 0 saturated heterocycles. The number of unbranched alkanes of at least 4 members (excludes halogenated alkanes) is 1. The van der Waals surface area contributed by atoms with Crippen molar-refractivity contribution < 1.29 is 14.6 Å². The van der Waals surface area contributed by atoms with Gasteiger partial charge in [-0.05, 0) is 37.6 Å². The zero-order valence-electron chi connectivity index (χ0n) is 10.3.